The van der Waals surface area contributed by atoms with Crippen molar-refractivity contribution in [2.24, 2.45) is 0 Å². The average Bonchev–Trinajstić information content (AvgIpc) is 3.48. The van der Waals surface area contributed by atoms with Gasteiger partial charge in [-0.05, 0) is 26.3 Å². The lowest BCUT2D eigenvalue weighted by Gasteiger charge is -2.22. The molecule has 0 aliphatic carbocycles. The Bertz CT molecular complexity index is 1430. The maximum atomic E-state index is 14.2. The molecule has 0 aromatic carbocycles. The van der Waals surface area contributed by atoms with Crippen molar-refractivity contribution in [3.63, 3.8) is 0 Å². The number of imidazole rings is 1. The smallest absolute Gasteiger partial charge is 0.255 e. The van der Waals surface area contributed by atoms with E-state index in [1.165, 1.54) is 26.2 Å². The van der Waals surface area contributed by atoms with Crippen LogP contribution in [0.2, 0.25) is 0 Å². The van der Waals surface area contributed by atoms with Crippen molar-refractivity contribution in [3.8, 4) is 17.5 Å². The van der Waals surface area contributed by atoms with E-state index in [2.05, 4.69) is 30.8 Å². The summed E-state index contributed by atoms with van der Waals surface area (Å²) in [6.07, 6.45) is 7.10. The number of rotatable bonds is 9. The Morgan fingerprint density at radius 1 is 1.22 bits per heavy atom. The minimum absolute atomic E-state index is 0.179. The van der Waals surface area contributed by atoms with Crippen LogP contribution in [0.25, 0.3) is 17.0 Å². The summed E-state index contributed by atoms with van der Waals surface area (Å²) in [5, 5.41) is 33.2. The number of alkyl halides is 1. The van der Waals surface area contributed by atoms with Gasteiger partial charge in [0.2, 0.25) is 0 Å². The molecule has 0 fully saturated rings. The summed E-state index contributed by atoms with van der Waals surface area (Å²) < 4.78 is 17.5. The van der Waals surface area contributed by atoms with Gasteiger partial charge in [-0.1, -0.05) is 6.92 Å². The highest BCUT2D eigenvalue weighted by molar-refractivity contribution is 6.00. The predicted molar refractivity (Wildman–Crippen MR) is 130 cm³/mol. The van der Waals surface area contributed by atoms with Gasteiger partial charge < -0.3 is 15.7 Å². The first kappa shape index (κ1) is 24.7. The van der Waals surface area contributed by atoms with Crippen LogP contribution in [0.4, 0.5) is 15.8 Å². The first-order valence-corrected chi connectivity index (χ1v) is 11.4. The molecule has 0 spiro atoms. The Labute approximate surface area is 206 Å². The van der Waals surface area contributed by atoms with Crippen molar-refractivity contribution in [1.29, 1.82) is 5.26 Å². The third-order valence-corrected chi connectivity index (χ3v) is 5.47. The van der Waals surface area contributed by atoms with Gasteiger partial charge in [0.1, 0.15) is 17.9 Å². The maximum absolute atomic E-state index is 14.2. The molecule has 4 aromatic heterocycles. The Balaban J connectivity index is 1.69. The molecule has 0 aliphatic heterocycles. The van der Waals surface area contributed by atoms with Crippen LogP contribution in [0.5, 0.6) is 0 Å². The zero-order valence-electron chi connectivity index (χ0n) is 20.1. The van der Waals surface area contributed by atoms with Crippen molar-refractivity contribution >= 4 is 22.9 Å². The largest absolute Gasteiger partial charge is 0.387 e. The van der Waals surface area contributed by atoms with Crippen molar-refractivity contribution in [1.82, 2.24) is 34.7 Å². The summed E-state index contributed by atoms with van der Waals surface area (Å²) >= 11 is 0. The van der Waals surface area contributed by atoms with Crippen molar-refractivity contribution in [2.75, 3.05) is 11.9 Å². The standard InChI is InChI=1S/C24H26FN9O2/c1-4-5-33-14-16(10-30-33)32-18-7-19(20-12-28-22-6-15(8-26)9-31-34(20)22)27-11-17(18)23(35)29-13-21(25)24(2,3)36/h6-7,9-12,14,21,36H,4-5,13H2,1-3H3,(H,27,32)(H,29,35)/t21-/m1/s1. The summed E-state index contributed by atoms with van der Waals surface area (Å²) in [5.74, 6) is -0.556. The van der Waals surface area contributed by atoms with E-state index in [-0.39, 0.29) is 12.1 Å². The second-order valence-corrected chi connectivity index (χ2v) is 8.83. The fourth-order valence-corrected chi connectivity index (χ4v) is 3.45. The number of amides is 1. The van der Waals surface area contributed by atoms with E-state index < -0.39 is 17.7 Å². The van der Waals surface area contributed by atoms with Crippen LogP contribution < -0.4 is 10.6 Å². The molecule has 0 bridgehead atoms. The lowest BCUT2D eigenvalue weighted by Crippen LogP contribution is -2.42. The summed E-state index contributed by atoms with van der Waals surface area (Å²) in [4.78, 5) is 21.7. The quantitative estimate of drug-likeness (QED) is 0.324. The van der Waals surface area contributed by atoms with E-state index in [0.717, 1.165) is 13.0 Å². The molecule has 0 saturated heterocycles. The Morgan fingerprint density at radius 2 is 2.03 bits per heavy atom. The molecule has 1 atom stereocenters. The fourth-order valence-electron chi connectivity index (χ4n) is 3.45. The number of nitriles is 1. The molecular weight excluding hydrogens is 465 g/mol. The monoisotopic (exact) mass is 491 g/mol. The van der Waals surface area contributed by atoms with Crippen LogP contribution in [-0.2, 0) is 6.54 Å². The van der Waals surface area contributed by atoms with Crippen molar-refractivity contribution in [2.45, 2.75) is 45.5 Å². The molecule has 0 aliphatic rings. The Hall–Kier alpha value is -4.37. The summed E-state index contributed by atoms with van der Waals surface area (Å²) in [6.45, 7) is 5.09. The first-order chi connectivity index (χ1) is 17.2. The van der Waals surface area contributed by atoms with Gasteiger partial charge in [-0.25, -0.2) is 13.9 Å². The van der Waals surface area contributed by atoms with Gasteiger partial charge in [0.25, 0.3) is 5.91 Å². The third kappa shape index (κ3) is 5.31. The van der Waals surface area contributed by atoms with Crippen LogP contribution >= 0.6 is 0 Å². The third-order valence-electron chi connectivity index (χ3n) is 5.47. The molecule has 4 rings (SSSR count). The van der Waals surface area contributed by atoms with E-state index in [0.29, 0.717) is 34.0 Å². The first-order valence-electron chi connectivity index (χ1n) is 11.4. The second kappa shape index (κ2) is 10.1. The normalized spacial score (nSPS) is 12.3. The molecule has 12 heteroatoms. The van der Waals surface area contributed by atoms with Crippen LogP contribution in [0.3, 0.4) is 0 Å². The predicted octanol–water partition coefficient (Wildman–Crippen LogP) is 2.85. The Morgan fingerprint density at radius 3 is 2.75 bits per heavy atom. The van der Waals surface area contributed by atoms with E-state index in [9.17, 15) is 14.3 Å². The summed E-state index contributed by atoms with van der Waals surface area (Å²) in [7, 11) is 0. The van der Waals surface area contributed by atoms with E-state index in [1.807, 2.05) is 19.2 Å². The molecule has 186 valence electrons. The molecule has 11 nitrogen and oxygen atoms in total. The number of aliphatic hydroxyl groups is 1. The van der Waals surface area contributed by atoms with Gasteiger partial charge in [0, 0.05) is 25.0 Å². The highest BCUT2D eigenvalue weighted by Crippen LogP contribution is 2.27. The summed E-state index contributed by atoms with van der Waals surface area (Å²) in [6, 6.07) is 5.30. The number of hydrogen-bond acceptors (Lipinski definition) is 8. The van der Waals surface area contributed by atoms with Gasteiger partial charge in [-0.3, -0.25) is 14.5 Å². The average molecular weight is 492 g/mol. The van der Waals surface area contributed by atoms with Gasteiger partial charge >= 0.3 is 0 Å². The number of nitrogens with one attached hydrogen (secondary N) is 2. The van der Waals surface area contributed by atoms with Gasteiger partial charge in [0.05, 0.1) is 58.9 Å². The number of carbonyl (C=O) groups excluding carboxylic acids is 1. The number of aromatic nitrogens is 6. The number of hydrogen-bond donors (Lipinski definition) is 3. The summed E-state index contributed by atoms with van der Waals surface area (Å²) in [5.41, 5.74) is 1.54. The fraction of sp³-hybridized carbons (Fsp3) is 0.333. The van der Waals surface area contributed by atoms with E-state index >= 15 is 0 Å². The van der Waals surface area contributed by atoms with E-state index in [1.54, 1.807) is 33.7 Å². The zero-order chi connectivity index (χ0) is 25.9. The van der Waals surface area contributed by atoms with Crippen LogP contribution in [0, 0.1) is 11.3 Å². The highest BCUT2D eigenvalue weighted by Gasteiger charge is 2.27. The molecule has 0 saturated carbocycles. The minimum Gasteiger partial charge on any atom is -0.387 e. The number of halogens is 1. The van der Waals surface area contributed by atoms with Crippen molar-refractivity contribution < 1.29 is 14.3 Å². The number of carbonyl (C=O) groups is 1. The van der Waals surface area contributed by atoms with Gasteiger partial charge in [0.15, 0.2) is 5.65 Å². The zero-order valence-corrected chi connectivity index (χ0v) is 20.1. The number of fused-ring (bicyclic) bond motifs is 1. The molecule has 3 N–H and O–H groups in total. The van der Waals surface area contributed by atoms with Crippen LogP contribution in [-0.4, -0.2) is 58.7 Å². The molecule has 36 heavy (non-hydrogen) atoms. The number of anilines is 2. The molecule has 4 aromatic rings. The number of pyridine rings is 1. The molecule has 0 unspecified atom stereocenters. The molecular formula is C24H26FN9O2. The van der Waals surface area contributed by atoms with E-state index in [4.69, 9.17) is 5.26 Å². The topological polar surface area (TPSA) is 146 Å². The maximum Gasteiger partial charge on any atom is 0.255 e. The Kier molecular flexibility index (Phi) is 6.93. The SMILES string of the molecule is CCCn1cc(Nc2cc(-c3cnc4cc(C#N)cnn34)ncc2C(=O)NC[C@@H](F)C(C)(C)O)cn1. The number of nitrogens with zero attached hydrogens (tertiary/aromatic N) is 7. The highest BCUT2D eigenvalue weighted by atomic mass is 19.1. The van der Waals surface area contributed by atoms with Crippen LogP contribution in [0.1, 0.15) is 43.1 Å². The molecule has 0 radical (unpaired) electrons. The van der Waals surface area contributed by atoms with Crippen molar-refractivity contribution in [3.05, 3.63) is 54.2 Å². The second-order valence-electron chi connectivity index (χ2n) is 8.83. The lowest BCUT2D eigenvalue weighted by molar-refractivity contribution is -0.00177. The molecule has 4 heterocycles. The van der Waals surface area contributed by atoms with Gasteiger partial charge in [-0.2, -0.15) is 15.5 Å². The lowest BCUT2D eigenvalue weighted by atomic mass is 10.0. The van der Waals surface area contributed by atoms with Crippen LogP contribution in [0.15, 0.2) is 43.1 Å². The minimum atomic E-state index is -1.65. The molecule has 1 amide bonds. The number of aryl methyl sites for hydroxylation is 1. The van der Waals surface area contributed by atoms with Gasteiger partial charge in [-0.15, -0.1) is 0 Å².